The van der Waals surface area contributed by atoms with E-state index in [9.17, 15) is 4.79 Å². The van der Waals surface area contributed by atoms with Gasteiger partial charge < -0.3 is 9.47 Å². The van der Waals surface area contributed by atoms with Crippen molar-refractivity contribution in [1.82, 2.24) is 24.4 Å². The molecule has 0 bridgehead atoms. The molecule has 1 atom stereocenters. The van der Waals surface area contributed by atoms with E-state index >= 15 is 0 Å². The highest BCUT2D eigenvalue weighted by molar-refractivity contribution is 5.81. The molecule has 2 aromatic heterocycles. The summed E-state index contributed by atoms with van der Waals surface area (Å²) in [6.45, 7) is 9.62. The van der Waals surface area contributed by atoms with Crippen molar-refractivity contribution in [2.75, 3.05) is 13.1 Å². The van der Waals surface area contributed by atoms with Crippen molar-refractivity contribution in [3.8, 4) is 11.4 Å². The van der Waals surface area contributed by atoms with Crippen LogP contribution in [-0.4, -0.2) is 43.4 Å². The summed E-state index contributed by atoms with van der Waals surface area (Å²) in [6.07, 6.45) is 8.35. The minimum Gasteiger partial charge on any atom is -0.342 e. The highest BCUT2D eigenvalue weighted by atomic mass is 16.2. The lowest BCUT2D eigenvalue weighted by Gasteiger charge is -2.36. The fourth-order valence-electron chi connectivity index (χ4n) is 3.62. The van der Waals surface area contributed by atoms with Crippen LogP contribution < -0.4 is 0 Å². The van der Waals surface area contributed by atoms with Gasteiger partial charge in [-0.1, -0.05) is 20.8 Å². The van der Waals surface area contributed by atoms with Crippen LogP contribution in [0.1, 0.15) is 45.1 Å². The molecule has 6 heteroatoms. The van der Waals surface area contributed by atoms with Crippen LogP contribution >= 0.6 is 0 Å². The molecule has 2 aromatic rings. The number of carbonyl (C=O) groups is 1. The maximum Gasteiger partial charge on any atom is 0.227 e. The molecule has 0 aliphatic carbocycles. The first kappa shape index (κ1) is 18.5. The number of nitrogens with zero attached hydrogens (tertiary/aromatic N) is 5. The molecule has 1 saturated heterocycles. The summed E-state index contributed by atoms with van der Waals surface area (Å²) in [5.74, 6) is 1.61. The van der Waals surface area contributed by atoms with E-state index < -0.39 is 0 Å². The Morgan fingerprint density at radius 1 is 1.23 bits per heavy atom. The Kier molecular flexibility index (Phi) is 5.12. The van der Waals surface area contributed by atoms with Crippen LogP contribution in [-0.2, 0) is 18.3 Å². The van der Waals surface area contributed by atoms with Crippen LogP contribution in [0.5, 0.6) is 0 Å². The summed E-state index contributed by atoms with van der Waals surface area (Å²) in [6, 6.07) is 0. The van der Waals surface area contributed by atoms with E-state index in [0.29, 0.717) is 5.92 Å². The van der Waals surface area contributed by atoms with Crippen molar-refractivity contribution in [3.05, 3.63) is 30.1 Å². The number of hydrogen-bond donors (Lipinski definition) is 0. The average Bonchev–Trinajstić information content (AvgIpc) is 2.93. The number of hydrogen-bond acceptors (Lipinski definition) is 4. The highest BCUT2D eigenvalue weighted by Gasteiger charge is 2.31. The molecule has 3 heterocycles. The Balaban J connectivity index is 1.79. The zero-order chi connectivity index (χ0) is 18.9. The van der Waals surface area contributed by atoms with Crippen LogP contribution in [0.4, 0.5) is 0 Å². The average molecular weight is 355 g/mol. The van der Waals surface area contributed by atoms with Gasteiger partial charge in [-0.25, -0.2) is 4.98 Å². The number of likely N-dealkylation sites (tertiary alicyclic amines) is 1. The number of imidazole rings is 1. The zero-order valence-electron chi connectivity index (χ0n) is 16.5. The van der Waals surface area contributed by atoms with Crippen molar-refractivity contribution < 1.29 is 4.79 Å². The van der Waals surface area contributed by atoms with Gasteiger partial charge in [0.15, 0.2) is 0 Å². The second-order valence-electron chi connectivity index (χ2n) is 8.31. The molecule has 0 aromatic carbocycles. The summed E-state index contributed by atoms with van der Waals surface area (Å²) in [5.41, 5.74) is 2.55. The van der Waals surface area contributed by atoms with Crippen molar-refractivity contribution >= 4 is 5.91 Å². The topological polar surface area (TPSA) is 63.9 Å². The predicted molar refractivity (Wildman–Crippen MR) is 101 cm³/mol. The Hall–Kier alpha value is -2.24. The van der Waals surface area contributed by atoms with Gasteiger partial charge in [0, 0.05) is 37.9 Å². The highest BCUT2D eigenvalue weighted by Crippen LogP contribution is 2.28. The van der Waals surface area contributed by atoms with E-state index in [1.807, 2.05) is 50.4 Å². The smallest absolute Gasteiger partial charge is 0.227 e. The molecule has 0 unspecified atom stereocenters. The molecule has 1 amide bonds. The molecule has 1 aliphatic rings. The first-order chi connectivity index (χ1) is 12.3. The number of rotatable bonds is 3. The second kappa shape index (κ2) is 7.17. The predicted octanol–water partition coefficient (Wildman–Crippen LogP) is 3.01. The summed E-state index contributed by atoms with van der Waals surface area (Å²) in [7, 11) is 2.00. The normalized spacial score (nSPS) is 18.2. The van der Waals surface area contributed by atoms with Gasteiger partial charge in [-0.15, -0.1) is 0 Å². The number of aryl methyl sites for hydroxylation is 1. The van der Waals surface area contributed by atoms with Gasteiger partial charge in [-0.05, 0) is 32.1 Å². The van der Waals surface area contributed by atoms with Crippen molar-refractivity contribution in [2.45, 2.75) is 47.0 Å². The minimum atomic E-state index is -0.328. The lowest BCUT2D eigenvalue weighted by atomic mass is 9.89. The lowest BCUT2D eigenvalue weighted by Crippen LogP contribution is -2.45. The van der Waals surface area contributed by atoms with Crippen LogP contribution in [0.2, 0.25) is 0 Å². The van der Waals surface area contributed by atoms with E-state index in [1.54, 1.807) is 12.4 Å². The van der Waals surface area contributed by atoms with Gasteiger partial charge >= 0.3 is 0 Å². The van der Waals surface area contributed by atoms with Crippen molar-refractivity contribution in [1.29, 1.82) is 0 Å². The third kappa shape index (κ3) is 3.79. The van der Waals surface area contributed by atoms with Crippen LogP contribution in [0, 0.1) is 18.3 Å². The number of aromatic nitrogens is 4. The van der Waals surface area contributed by atoms with Gasteiger partial charge in [0.2, 0.25) is 5.91 Å². The lowest BCUT2D eigenvalue weighted by molar-refractivity contribution is -0.141. The summed E-state index contributed by atoms with van der Waals surface area (Å²) in [4.78, 5) is 28.2. The van der Waals surface area contributed by atoms with Gasteiger partial charge in [0.25, 0.3) is 0 Å². The van der Waals surface area contributed by atoms with Crippen LogP contribution in [0.25, 0.3) is 11.4 Å². The fraction of sp³-hybridized carbons (Fsp3) is 0.600. The van der Waals surface area contributed by atoms with Gasteiger partial charge in [0.05, 0.1) is 17.6 Å². The molecule has 1 aliphatic heterocycles. The standard InChI is InChI=1S/C20H29N5O/c1-14-23-12-17(24(14)5)18-16(21-8-9-22-18)11-15-7-6-10-25(13-15)19(26)20(2,3)4/h8-9,12,15H,6-7,10-11,13H2,1-5H3/t15-/m0/s1. The molecule has 6 nitrogen and oxygen atoms in total. The molecular formula is C20H29N5O. The van der Waals surface area contributed by atoms with Crippen LogP contribution in [0.15, 0.2) is 18.6 Å². The largest absolute Gasteiger partial charge is 0.342 e. The maximum absolute atomic E-state index is 12.6. The molecule has 140 valence electrons. The summed E-state index contributed by atoms with van der Waals surface area (Å²) >= 11 is 0. The quantitative estimate of drug-likeness (QED) is 0.849. The van der Waals surface area contributed by atoms with E-state index in [2.05, 4.69) is 15.0 Å². The Labute approximate surface area is 155 Å². The fourth-order valence-corrected chi connectivity index (χ4v) is 3.62. The van der Waals surface area contributed by atoms with Crippen molar-refractivity contribution in [3.63, 3.8) is 0 Å². The third-order valence-corrected chi connectivity index (χ3v) is 5.17. The first-order valence-electron chi connectivity index (χ1n) is 9.35. The van der Waals surface area contributed by atoms with E-state index in [-0.39, 0.29) is 11.3 Å². The van der Waals surface area contributed by atoms with E-state index in [0.717, 1.165) is 55.3 Å². The monoisotopic (exact) mass is 355 g/mol. The molecule has 0 saturated carbocycles. The van der Waals surface area contributed by atoms with E-state index in [4.69, 9.17) is 0 Å². The third-order valence-electron chi connectivity index (χ3n) is 5.17. The first-order valence-corrected chi connectivity index (χ1v) is 9.35. The Morgan fingerprint density at radius 3 is 2.62 bits per heavy atom. The van der Waals surface area contributed by atoms with Gasteiger partial charge in [-0.3, -0.25) is 14.8 Å². The van der Waals surface area contributed by atoms with Gasteiger partial charge in [0.1, 0.15) is 11.5 Å². The number of carbonyl (C=O) groups excluding carboxylic acids is 1. The zero-order valence-corrected chi connectivity index (χ0v) is 16.5. The molecular weight excluding hydrogens is 326 g/mol. The molecule has 0 spiro atoms. The number of amides is 1. The molecule has 0 N–H and O–H groups in total. The Morgan fingerprint density at radius 2 is 1.96 bits per heavy atom. The summed E-state index contributed by atoms with van der Waals surface area (Å²) < 4.78 is 2.05. The molecule has 0 radical (unpaired) electrons. The SMILES string of the molecule is Cc1ncc(-c2nccnc2C[C@@H]2CCCN(C(=O)C(C)(C)C)C2)n1C. The molecule has 26 heavy (non-hydrogen) atoms. The van der Waals surface area contributed by atoms with Crippen molar-refractivity contribution in [2.24, 2.45) is 18.4 Å². The Bertz CT molecular complexity index is 790. The molecule has 3 rings (SSSR count). The second-order valence-corrected chi connectivity index (χ2v) is 8.31. The summed E-state index contributed by atoms with van der Waals surface area (Å²) in [5, 5.41) is 0. The van der Waals surface area contributed by atoms with Gasteiger partial charge in [-0.2, -0.15) is 0 Å². The minimum absolute atomic E-state index is 0.240. The van der Waals surface area contributed by atoms with E-state index in [1.165, 1.54) is 0 Å². The number of piperidine rings is 1. The van der Waals surface area contributed by atoms with Crippen LogP contribution in [0.3, 0.4) is 0 Å². The molecule has 1 fully saturated rings. The maximum atomic E-state index is 12.6.